The highest BCUT2D eigenvalue weighted by Crippen LogP contribution is 2.25. The van der Waals surface area contributed by atoms with Gasteiger partial charge in [-0.1, -0.05) is 12.1 Å². The zero-order chi connectivity index (χ0) is 17.8. The molecule has 0 radical (unpaired) electrons. The highest BCUT2D eigenvalue weighted by molar-refractivity contribution is 5.66. The molecule has 0 bridgehead atoms. The highest BCUT2D eigenvalue weighted by Gasteiger charge is 2.20. The Balaban J connectivity index is 1.72. The second-order valence-corrected chi connectivity index (χ2v) is 6.61. The van der Waals surface area contributed by atoms with E-state index in [0.717, 1.165) is 39.3 Å². The summed E-state index contributed by atoms with van der Waals surface area (Å²) in [5, 5.41) is 0. The van der Waals surface area contributed by atoms with Crippen molar-refractivity contribution in [1.82, 2.24) is 19.8 Å². The van der Waals surface area contributed by atoms with Crippen molar-refractivity contribution in [2.45, 2.75) is 0 Å². The number of benzene rings is 1. The molecule has 0 amide bonds. The number of nitrogens with zero attached hydrogens (tertiary/aromatic N) is 5. The van der Waals surface area contributed by atoms with Crippen LogP contribution >= 0.6 is 0 Å². The van der Waals surface area contributed by atoms with Crippen molar-refractivity contribution in [3.63, 3.8) is 0 Å². The lowest BCUT2D eigenvalue weighted by molar-refractivity contribution is 0.229. The van der Waals surface area contributed by atoms with Gasteiger partial charge < -0.3 is 15.5 Å². The maximum atomic E-state index is 13.5. The molecule has 1 aliphatic rings. The smallest absolute Gasteiger partial charge is 0.172 e. The van der Waals surface area contributed by atoms with Gasteiger partial charge in [-0.2, -0.15) is 0 Å². The third-order valence-corrected chi connectivity index (χ3v) is 4.44. The number of hydrogen-bond donors (Lipinski definition) is 1. The van der Waals surface area contributed by atoms with Gasteiger partial charge in [-0.3, -0.25) is 4.90 Å². The van der Waals surface area contributed by atoms with Crippen LogP contribution < -0.4 is 10.6 Å². The fourth-order valence-corrected chi connectivity index (χ4v) is 2.93. The second-order valence-electron chi connectivity index (χ2n) is 6.61. The number of aromatic nitrogens is 2. The number of rotatable bonds is 5. The van der Waals surface area contributed by atoms with Crippen molar-refractivity contribution in [2.75, 3.05) is 64.0 Å². The Labute approximate surface area is 148 Å². The number of halogens is 1. The number of nitrogen functional groups attached to an aromatic ring is 1. The van der Waals surface area contributed by atoms with Crippen molar-refractivity contribution < 1.29 is 4.39 Å². The van der Waals surface area contributed by atoms with Crippen LogP contribution in [0.25, 0.3) is 11.3 Å². The summed E-state index contributed by atoms with van der Waals surface area (Å²) in [7, 11) is 4.18. The van der Waals surface area contributed by atoms with Gasteiger partial charge in [0.15, 0.2) is 11.6 Å². The lowest BCUT2D eigenvalue weighted by atomic mass is 10.1. The molecule has 3 rings (SSSR count). The van der Waals surface area contributed by atoms with Crippen molar-refractivity contribution >= 4 is 11.6 Å². The summed E-state index contributed by atoms with van der Waals surface area (Å²) < 4.78 is 13.5. The maximum Gasteiger partial charge on any atom is 0.172 e. The van der Waals surface area contributed by atoms with Gasteiger partial charge in [-0.05, 0) is 26.2 Å². The summed E-state index contributed by atoms with van der Waals surface area (Å²) in [6, 6.07) is 6.38. The minimum absolute atomic E-state index is 0.285. The van der Waals surface area contributed by atoms with E-state index in [-0.39, 0.29) is 5.82 Å². The molecule has 1 aromatic heterocycles. The molecule has 2 heterocycles. The number of nitrogens with two attached hydrogens (primary N) is 1. The Morgan fingerprint density at radius 3 is 2.64 bits per heavy atom. The summed E-state index contributed by atoms with van der Waals surface area (Å²) in [6.45, 7) is 5.78. The molecule has 134 valence electrons. The minimum Gasteiger partial charge on any atom is -0.381 e. The van der Waals surface area contributed by atoms with Gasteiger partial charge in [-0.25, -0.2) is 14.4 Å². The van der Waals surface area contributed by atoms with Crippen LogP contribution in [0, 0.1) is 5.82 Å². The second kappa shape index (κ2) is 7.76. The van der Waals surface area contributed by atoms with E-state index in [1.807, 2.05) is 6.07 Å². The number of anilines is 2. The molecule has 6 nitrogen and oxygen atoms in total. The molecule has 1 aromatic carbocycles. The molecule has 0 unspecified atom stereocenters. The summed E-state index contributed by atoms with van der Waals surface area (Å²) in [5.74, 6) is 0.822. The molecule has 2 aromatic rings. The molecule has 1 saturated heterocycles. The molecular weight excluding hydrogens is 319 g/mol. The van der Waals surface area contributed by atoms with Crippen LogP contribution in [0.2, 0.25) is 0 Å². The van der Waals surface area contributed by atoms with Gasteiger partial charge in [0.25, 0.3) is 0 Å². The molecule has 0 aliphatic carbocycles. The normalized spacial score (nSPS) is 15.8. The molecule has 0 atom stereocenters. The van der Waals surface area contributed by atoms with E-state index in [1.54, 1.807) is 12.3 Å². The van der Waals surface area contributed by atoms with Crippen molar-refractivity contribution in [1.29, 1.82) is 0 Å². The van der Waals surface area contributed by atoms with Gasteiger partial charge in [0.05, 0.1) is 11.9 Å². The third kappa shape index (κ3) is 4.43. The maximum absolute atomic E-state index is 13.5. The Hall–Kier alpha value is -2.25. The summed E-state index contributed by atoms with van der Waals surface area (Å²) in [6.07, 6.45) is 1.60. The lowest BCUT2D eigenvalue weighted by Crippen LogP contribution is -2.48. The zero-order valence-corrected chi connectivity index (χ0v) is 14.8. The lowest BCUT2D eigenvalue weighted by Gasteiger charge is -2.36. The number of piperazine rings is 1. The molecule has 2 N–H and O–H groups in total. The van der Waals surface area contributed by atoms with Crippen LogP contribution in [0.3, 0.4) is 0 Å². The van der Waals surface area contributed by atoms with E-state index in [0.29, 0.717) is 22.9 Å². The van der Waals surface area contributed by atoms with E-state index >= 15 is 0 Å². The SMILES string of the molecule is CN(C)CCN1CCN(c2nc(-c3cccc(F)c3)cnc2N)CC1. The van der Waals surface area contributed by atoms with Crippen LogP contribution in [0.1, 0.15) is 0 Å². The van der Waals surface area contributed by atoms with Crippen LogP contribution in [0.15, 0.2) is 30.5 Å². The third-order valence-electron chi connectivity index (χ3n) is 4.44. The average molecular weight is 344 g/mol. The molecule has 0 spiro atoms. The summed E-state index contributed by atoms with van der Waals surface area (Å²) in [5.41, 5.74) is 7.40. The van der Waals surface area contributed by atoms with Crippen LogP contribution in [0.5, 0.6) is 0 Å². The molecular formula is C18H25FN6. The standard InChI is InChI=1S/C18H25FN6/c1-23(2)6-7-24-8-10-25(11-9-24)18-17(20)21-13-16(22-18)14-4-3-5-15(19)12-14/h3-5,12-13H,6-11H2,1-2H3,(H2,20,21). The van der Waals surface area contributed by atoms with E-state index in [1.165, 1.54) is 12.1 Å². The fraction of sp³-hybridized carbons (Fsp3) is 0.444. The number of likely N-dealkylation sites (N-methyl/N-ethyl adjacent to an activating group) is 1. The topological polar surface area (TPSA) is 61.5 Å². The zero-order valence-electron chi connectivity index (χ0n) is 14.8. The van der Waals surface area contributed by atoms with Gasteiger partial charge in [0.1, 0.15) is 5.82 Å². The minimum atomic E-state index is -0.285. The van der Waals surface area contributed by atoms with Gasteiger partial charge >= 0.3 is 0 Å². The predicted octanol–water partition coefficient (Wildman–Crippen LogP) is 1.55. The molecule has 7 heteroatoms. The Morgan fingerprint density at radius 1 is 1.20 bits per heavy atom. The first-order valence-electron chi connectivity index (χ1n) is 8.53. The summed E-state index contributed by atoms with van der Waals surface area (Å²) in [4.78, 5) is 15.7. The predicted molar refractivity (Wildman–Crippen MR) is 99.0 cm³/mol. The van der Waals surface area contributed by atoms with E-state index in [4.69, 9.17) is 5.73 Å². The van der Waals surface area contributed by atoms with E-state index in [9.17, 15) is 4.39 Å². The number of hydrogen-bond acceptors (Lipinski definition) is 6. The first-order valence-corrected chi connectivity index (χ1v) is 8.53. The first kappa shape index (κ1) is 17.6. The Morgan fingerprint density at radius 2 is 1.96 bits per heavy atom. The van der Waals surface area contributed by atoms with Crippen LogP contribution in [-0.2, 0) is 0 Å². The van der Waals surface area contributed by atoms with Crippen molar-refractivity contribution in [3.05, 3.63) is 36.3 Å². The quantitative estimate of drug-likeness (QED) is 0.888. The molecule has 1 fully saturated rings. The van der Waals surface area contributed by atoms with Gasteiger partial charge in [-0.15, -0.1) is 0 Å². The van der Waals surface area contributed by atoms with Crippen LogP contribution in [-0.4, -0.2) is 73.1 Å². The monoisotopic (exact) mass is 344 g/mol. The van der Waals surface area contributed by atoms with Crippen LogP contribution in [0.4, 0.5) is 16.0 Å². The first-order chi connectivity index (χ1) is 12.0. The van der Waals surface area contributed by atoms with Gasteiger partial charge in [0, 0.05) is 44.8 Å². The molecule has 0 saturated carbocycles. The van der Waals surface area contributed by atoms with E-state index < -0.39 is 0 Å². The molecule has 25 heavy (non-hydrogen) atoms. The highest BCUT2D eigenvalue weighted by atomic mass is 19.1. The fourth-order valence-electron chi connectivity index (χ4n) is 2.93. The van der Waals surface area contributed by atoms with E-state index in [2.05, 4.69) is 38.8 Å². The van der Waals surface area contributed by atoms with Gasteiger partial charge in [0.2, 0.25) is 0 Å². The van der Waals surface area contributed by atoms with Crippen molar-refractivity contribution in [2.24, 2.45) is 0 Å². The average Bonchev–Trinajstić information content (AvgIpc) is 2.61. The summed E-state index contributed by atoms with van der Waals surface area (Å²) >= 11 is 0. The molecule has 1 aliphatic heterocycles. The Bertz CT molecular complexity index is 712. The largest absolute Gasteiger partial charge is 0.381 e. The van der Waals surface area contributed by atoms with Crippen molar-refractivity contribution in [3.8, 4) is 11.3 Å². The Kier molecular flexibility index (Phi) is 5.45.